The van der Waals surface area contributed by atoms with Gasteiger partial charge >= 0.3 is 0 Å². The molecule has 2 aromatic heterocycles. The zero-order valence-electron chi connectivity index (χ0n) is 9.63. The molecule has 0 aliphatic heterocycles. The highest BCUT2D eigenvalue weighted by Crippen LogP contribution is 2.26. The Morgan fingerprint density at radius 1 is 1.47 bits per heavy atom. The number of imidazole rings is 1. The molecule has 0 aliphatic rings. The highest BCUT2D eigenvalue weighted by molar-refractivity contribution is 9.10. The van der Waals surface area contributed by atoms with E-state index in [-0.39, 0.29) is 21.7 Å². The van der Waals surface area contributed by atoms with Gasteiger partial charge in [0, 0.05) is 17.7 Å². The monoisotopic (exact) mass is 365 g/mol. The Labute approximate surface area is 123 Å². The Balaban J connectivity index is 2.45. The zero-order chi connectivity index (χ0) is 14.2. The van der Waals surface area contributed by atoms with Crippen LogP contribution in [-0.4, -0.2) is 23.0 Å². The first-order chi connectivity index (χ1) is 8.81. The molecule has 0 fully saturated rings. The highest BCUT2D eigenvalue weighted by Gasteiger charge is 2.23. The van der Waals surface area contributed by atoms with Gasteiger partial charge in [0.15, 0.2) is 16.0 Å². The Hall–Kier alpha value is -1.32. The Morgan fingerprint density at radius 2 is 2.16 bits per heavy atom. The fourth-order valence-corrected chi connectivity index (χ4v) is 3.29. The van der Waals surface area contributed by atoms with E-state index in [0.717, 1.165) is 0 Å². The van der Waals surface area contributed by atoms with Gasteiger partial charge in [0.05, 0.1) is 12.0 Å². The molecular weight excluding hydrogens is 358 g/mol. The number of nitrogen functional groups attached to an aromatic ring is 1. The van der Waals surface area contributed by atoms with E-state index in [0.29, 0.717) is 4.47 Å². The SMILES string of the molecule is Cn1cnc(N)c1S(=O)(=O)Nc1cc(Br)cnc1Cl. The molecule has 0 bridgehead atoms. The topological polar surface area (TPSA) is 103 Å². The smallest absolute Gasteiger partial charge is 0.281 e. The minimum atomic E-state index is -3.89. The average Bonchev–Trinajstić information content (AvgIpc) is 2.64. The zero-order valence-corrected chi connectivity index (χ0v) is 12.8. The number of anilines is 2. The molecule has 10 heteroatoms. The molecule has 102 valence electrons. The molecule has 7 nitrogen and oxygen atoms in total. The van der Waals surface area contributed by atoms with Gasteiger partial charge in [0.25, 0.3) is 10.0 Å². The van der Waals surface area contributed by atoms with Crippen molar-refractivity contribution in [2.75, 3.05) is 10.5 Å². The molecule has 2 aromatic rings. The summed E-state index contributed by atoms with van der Waals surface area (Å²) >= 11 is 9.01. The third kappa shape index (κ3) is 2.82. The van der Waals surface area contributed by atoms with Crippen molar-refractivity contribution in [1.29, 1.82) is 0 Å². The second-order valence-corrected chi connectivity index (χ2v) is 6.51. The van der Waals surface area contributed by atoms with Gasteiger partial charge in [-0.3, -0.25) is 4.72 Å². The Morgan fingerprint density at radius 3 is 2.74 bits per heavy atom. The predicted octanol–water partition coefficient (Wildman–Crippen LogP) is 1.61. The second-order valence-electron chi connectivity index (χ2n) is 3.64. The van der Waals surface area contributed by atoms with Crippen molar-refractivity contribution in [3.63, 3.8) is 0 Å². The number of sulfonamides is 1. The van der Waals surface area contributed by atoms with Gasteiger partial charge in [0.2, 0.25) is 0 Å². The first-order valence-electron chi connectivity index (χ1n) is 4.92. The summed E-state index contributed by atoms with van der Waals surface area (Å²) in [5, 5.41) is -0.101. The number of hydrogen-bond donors (Lipinski definition) is 2. The summed E-state index contributed by atoms with van der Waals surface area (Å²) in [5.74, 6) is -0.0888. The van der Waals surface area contributed by atoms with Crippen molar-refractivity contribution >= 4 is 49.1 Å². The van der Waals surface area contributed by atoms with E-state index >= 15 is 0 Å². The van der Waals surface area contributed by atoms with Gasteiger partial charge in [-0.05, 0) is 22.0 Å². The van der Waals surface area contributed by atoms with Gasteiger partial charge in [-0.15, -0.1) is 0 Å². The molecule has 0 amide bonds. The number of pyridine rings is 1. The van der Waals surface area contributed by atoms with Crippen LogP contribution in [0.25, 0.3) is 0 Å². The molecular formula is C9H9BrClN5O2S. The number of hydrogen-bond acceptors (Lipinski definition) is 5. The molecule has 0 aliphatic carbocycles. The van der Waals surface area contributed by atoms with Crippen LogP contribution < -0.4 is 10.5 Å². The maximum atomic E-state index is 12.2. The molecule has 0 unspecified atom stereocenters. The third-order valence-electron chi connectivity index (χ3n) is 2.21. The van der Waals surface area contributed by atoms with Crippen molar-refractivity contribution in [3.05, 3.63) is 28.2 Å². The normalized spacial score (nSPS) is 11.5. The molecule has 0 radical (unpaired) electrons. The summed E-state index contributed by atoms with van der Waals surface area (Å²) in [7, 11) is -2.36. The number of nitrogens with two attached hydrogens (primary N) is 1. The summed E-state index contributed by atoms with van der Waals surface area (Å²) in [5.41, 5.74) is 5.69. The number of nitrogens with zero attached hydrogens (tertiary/aromatic N) is 3. The quantitative estimate of drug-likeness (QED) is 0.803. The van der Waals surface area contributed by atoms with Crippen LogP contribution in [0, 0.1) is 0 Å². The average molecular weight is 367 g/mol. The summed E-state index contributed by atoms with van der Waals surface area (Å²) in [4.78, 5) is 7.55. The molecule has 2 rings (SSSR count). The van der Waals surface area contributed by atoms with Crippen molar-refractivity contribution < 1.29 is 8.42 Å². The number of aryl methyl sites for hydroxylation is 1. The van der Waals surface area contributed by atoms with Crippen LogP contribution in [0.1, 0.15) is 0 Å². The maximum Gasteiger partial charge on any atom is 0.281 e. The minimum Gasteiger partial charge on any atom is -0.381 e. The van der Waals surface area contributed by atoms with E-state index in [1.165, 1.54) is 30.2 Å². The van der Waals surface area contributed by atoms with Gasteiger partial charge in [0.1, 0.15) is 0 Å². The molecule has 19 heavy (non-hydrogen) atoms. The fraction of sp³-hybridized carbons (Fsp3) is 0.111. The van der Waals surface area contributed by atoms with Crippen molar-refractivity contribution in [2.24, 2.45) is 7.05 Å². The van der Waals surface area contributed by atoms with E-state index < -0.39 is 10.0 Å². The van der Waals surface area contributed by atoms with Gasteiger partial charge in [-0.25, -0.2) is 9.97 Å². The number of nitrogens with one attached hydrogen (secondary N) is 1. The van der Waals surface area contributed by atoms with Crippen molar-refractivity contribution in [1.82, 2.24) is 14.5 Å². The molecule has 0 saturated carbocycles. The van der Waals surface area contributed by atoms with Crippen molar-refractivity contribution in [3.8, 4) is 0 Å². The molecule has 2 heterocycles. The molecule has 0 atom stereocenters. The van der Waals surface area contributed by atoms with Crippen LogP contribution >= 0.6 is 27.5 Å². The van der Waals surface area contributed by atoms with Crippen LogP contribution in [0.4, 0.5) is 11.5 Å². The van der Waals surface area contributed by atoms with E-state index in [9.17, 15) is 8.42 Å². The van der Waals surface area contributed by atoms with Crippen LogP contribution in [-0.2, 0) is 17.1 Å². The molecule has 3 N–H and O–H groups in total. The van der Waals surface area contributed by atoms with E-state index in [1.54, 1.807) is 0 Å². The Bertz CT molecular complexity index is 711. The van der Waals surface area contributed by atoms with Gasteiger partial charge < -0.3 is 10.3 Å². The van der Waals surface area contributed by atoms with E-state index in [1.807, 2.05) is 0 Å². The van der Waals surface area contributed by atoms with Gasteiger partial charge in [-0.1, -0.05) is 11.6 Å². The number of rotatable bonds is 3. The fourth-order valence-electron chi connectivity index (χ4n) is 1.45. The lowest BCUT2D eigenvalue weighted by Gasteiger charge is -2.10. The van der Waals surface area contributed by atoms with Crippen LogP contribution in [0.15, 0.2) is 28.1 Å². The van der Waals surface area contributed by atoms with Crippen LogP contribution in [0.5, 0.6) is 0 Å². The van der Waals surface area contributed by atoms with Gasteiger partial charge in [-0.2, -0.15) is 8.42 Å². The largest absolute Gasteiger partial charge is 0.381 e. The highest BCUT2D eigenvalue weighted by atomic mass is 79.9. The minimum absolute atomic E-state index is 0.0347. The number of aromatic nitrogens is 3. The first kappa shape index (κ1) is 14.1. The summed E-state index contributed by atoms with van der Waals surface area (Å²) in [6.07, 6.45) is 2.77. The summed E-state index contributed by atoms with van der Waals surface area (Å²) < 4.78 is 28.6. The van der Waals surface area contributed by atoms with Crippen molar-refractivity contribution in [2.45, 2.75) is 5.03 Å². The van der Waals surface area contributed by atoms with E-state index in [2.05, 4.69) is 30.6 Å². The van der Waals surface area contributed by atoms with E-state index in [4.69, 9.17) is 17.3 Å². The lowest BCUT2D eigenvalue weighted by atomic mass is 10.4. The molecule has 0 aromatic carbocycles. The lowest BCUT2D eigenvalue weighted by Crippen LogP contribution is -2.18. The lowest BCUT2D eigenvalue weighted by molar-refractivity contribution is 0.592. The van der Waals surface area contributed by atoms with Crippen LogP contribution in [0.3, 0.4) is 0 Å². The third-order valence-corrected chi connectivity index (χ3v) is 4.44. The standard InChI is InChI=1S/C9H9BrClN5O2S/c1-16-4-14-8(12)9(16)19(17,18)15-6-2-5(10)3-13-7(6)11/h2-4,15H,12H2,1H3. The molecule has 0 saturated heterocycles. The maximum absolute atomic E-state index is 12.2. The Kier molecular flexibility index (Phi) is 3.70. The summed E-state index contributed by atoms with van der Waals surface area (Å²) in [6, 6.07) is 1.50. The first-order valence-corrected chi connectivity index (χ1v) is 7.57. The molecule has 0 spiro atoms. The predicted molar refractivity (Wildman–Crippen MR) is 75.4 cm³/mol. The van der Waals surface area contributed by atoms with Crippen LogP contribution in [0.2, 0.25) is 5.15 Å². The summed E-state index contributed by atoms with van der Waals surface area (Å²) in [6.45, 7) is 0. The second kappa shape index (κ2) is 4.99. The number of halogens is 2.